The molecule has 0 aromatic heterocycles. The van der Waals surface area contributed by atoms with Crippen LogP contribution in [0.2, 0.25) is 0 Å². The Bertz CT molecular complexity index is 830. The van der Waals surface area contributed by atoms with Gasteiger partial charge in [-0.3, -0.25) is 9.59 Å². The zero-order valence-corrected chi connectivity index (χ0v) is 16.1. The van der Waals surface area contributed by atoms with Gasteiger partial charge in [-0.05, 0) is 62.8 Å². The van der Waals surface area contributed by atoms with Crippen molar-refractivity contribution in [1.82, 2.24) is 0 Å². The molecule has 0 aliphatic carbocycles. The highest BCUT2D eigenvalue weighted by atomic mass is 16.2. The summed E-state index contributed by atoms with van der Waals surface area (Å²) in [6, 6.07) is 12.4. The Kier molecular flexibility index (Phi) is 4.73. The minimum atomic E-state index is -0.0935. The number of nitrogens with zero attached hydrogens (tertiary/aromatic N) is 2. The van der Waals surface area contributed by atoms with Crippen LogP contribution in [-0.2, 0) is 22.4 Å². The molecule has 0 fully saturated rings. The Morgan fingerprint density at radius 1 is 0.778 bits per heavy atom. The van der Waals surface area contributed by atoms with E-state index >= 15 is 0 Å². The molecule has 0 N–H and O–H groups in total. The van der Waals surface area contributed by atoms with Gasteiger partial charge in [0, 0.05) is 24.5 Å². The van der Waals surface area contributed by atoms with Crippen molar-refractivity contribution in [3.63, 3.8) is 0 Å². The summed E-state index contributed by atoms with van der Waals surface area (Å²) >= 11 is 0. The van der Waals surface area contributed by atoms with Crippen LogP contribution in [0.5, 0.6) is 0 Å². The first-order valence-electron chi connectivity index (χ1n) is 9.83. The zero-order chi connectivity index (χ0) is 19.0. The summed E-state index contributed by atoms with van der Waals surface area (Å²) < 4.78 is 0. The van der Waals surface area contributed by atoms with Crippen LogP contribution in [-0.4, -0.2) is 24.9 Å². The van der Waals surface area contributed by atoms with Crippen LogP contribution in [0.15, 0.2) is 36.4 Å². The van der Waals surface area contributed by atoms with E-state index < -0.39 is 0 Å². The summed E-state index contributed by atoms with van der Waals surface area (Å²) in [5.41, 5.74) is 6.78. The average molecular weight is 362 g/mol. The number of rotatable bonds is 2. The fourth-order valence-electron chi connectivity index (χ4n) is 4.29. The van der Waals surface area contributed by atoms with Crippen LogP contribution in [0.25, 0.3) is 0 Å². The van der Waals surface area contributed by atoms with Crippen molar-refractivity contribution in [3.05, 3.63) is 58.7 Å². The van der Waals surface area contributed by atoms with Gasteiger partial charge in [-0.15, -0.1) is 0 Å². The number of amides is 2. The lowest BCUT2D eigenvalue weighted by Crippen LogP contribution is -2.41. The number of fused-ring (bicyclic) bond motifs is 2. The predicted octanol–water partition coefficient (Wildman–Crippen LogP) is 3.95. The van der Waals surface area contributed by atoms with Crippen molar-refractivity contribution >= 4 is 23.2 Å². The summed E-state index contributed by atoms with van der Waals surface area (Å²) in [7, 11) is 0. The van der Waals surface area contributed by atoms with E-state index in [0.717, 1.165) is 37.1 Å². The first-order valence-corrected chi connectivity index (χ1v) is 9.83. The minimum Gasteiger partial charge on any atom is -0.312 e. The molecule has 2 aromatic rings. The van der Waals surface area contributed by atoms with E-state index in [0.29, 0.717) is 13.1 Å². The number of benzene rings is 2. The highest BCUT2D eigenvalue weighted by molar-refractivity contribution is 6.10. The Hall–Kier alpha value is -2.62. The zero-order valence-electron chi connectivity index (χ0n) is 16.1. The number of carbonyl (C=O) groups is 2. The average Bonchev–Trinajstić information content (AvgIpc) is 2.66. The maximum Gasteiger partial charge on any atom is 0.236 e. The Balaban J connectivity index is 1.53. The van der Waals surface area contributed by atoms with Crippen LogP contribution in [0.3, 0.4) is 0 Å². The second kappa shape index (κ2) is 7.18. The van der Waals surface area contributed by atoms with E-state index in [1.807, 2.05) is 24.3 Å². The van der Waals surface area contributed by atoms with Crippen molar-refractivity contribution < 1.29 is 9.59 Å². The lowest BCUT2D eigenvalue weighted by Gasteiger charge is -2.32. The molecule has 2 heterocycles. The monoisotopic (exact) mass is 362 g/mol. The smallest absolute Gasteiger partial charge is 0.236 e. The standard InChI is InChI=1S/C23H26N2O2/c1-16-7-9-20-18(13-16)5-3-11-24(20)22(26)15-23(27)25-12-4-6-19-14-17(2)8-10-21(19)25/h7-10,13-14H,3-6,11-12,15H2,1-2H3. The molecule has 0 atom stereocenters. The molecule has 0 saturated heterocycles. The second-order valence-electron chi connectivity index (χ2n) is 7.74. The summed E-state index contributed by atoms with van der Waals surface area (Å²) in [6.07, 6.45) is 3.81. The van der Waals surface area contributed by atoms with Gasteiger partial charge in [-0.2, -0.15) is 0 Å². The molecular weight excluding hydrogens is 336 g/mol. The Morgan fingerprint density at radius 2 is 1.22 bits per heavy atom. The summed E-state index contributed by atoms with van der Waals surface area (Å²) in [5.74, 6) is -0.187. The largest absolute Gasteiger partial charge is 0.312 e. The van der Waals surface area contributed by atoms with E-state index in [1.165, 1.54) is 22.3 Å². The van der Waals surface area contributed by atoms with Gasteiger partial charge < -0.3 is 9.80 Å². The van der Waals surface area contributed by atoms with Gasteiger partial charge in [-0.25, -0.2) is 0 Å². The number of hydrogen-bond acceptors (Lipinski definition) is 2. The Labute approximate surface area is 160 Å². The molecule has 4 rings (SSSR count). The quantitative estimate of drug-likeness (QED) is 0.759. The van der Waals surface area contributed by atoms with Crippen LogP contribution in [0.4, 0.5) is 11.4 Å². The third-order valence-electron chi connectivity index (χ3n) is 5.61. The van der Waals surface area contributed by atoms with Crippen molar-refractivity contribution in [2.45, 2.75) is 46.0 Å². The fraction of sp³-hybridized carbons (Fsp3) is 0.391. The first kappa shape index (κ1) is 17.8. The van der Waals surface area contributed by atoms with E-state index in [9.17, 15) is 9.59 Å². The predicted molar refractivity (Wildman–Crippen MR) is 108 cm³/mol. The molecule has 0 unspecified atom stereocenters. The maximum absolute atomic E-state index is 12.9. The maximum atomic E-state index is 12.9. The number of hydrogen-bond donors (Lipinski definition) is 0. The Morgan fingerprint density at radius 3 is 1.67 bits per heavy atom. The number of carbonyl (C=O) groups excluding carboxylic acids is 2. The molecule has 4 nitrogen and oxygen atoms in total. The van der Waals surface area contributed by atoms with Crippen LogP contribution < -0.4 is 9.80 Å². The third-order valence-corrected chi connectivity index (χ3v) is 5.61. The van der Waals surface area contributed by atoms with Crippen LogP contribution in [0.1, 0.15) is 41.5 Å². The topological polar surface area (TPSA) is 40.6 Å². The molecule has 2 aromatic carbocycles. The van der Waals surface area contributed by atoms with Crippen LogP contribution >= 0.6 is 0 Å². The van der Waals surface area contributed by atoms with Gasteiger partial charge in [0.2, 0.25) is 11.8 Å². The van der Waals surface area contributed by atoms with Crippen LogP contribution in [0, 0.1) is 13.8 Å². The van der Waals surface area contributed by atoms with Gasteiger partial charge in [0.1, 0.15) is 6.42 Å². The van der Waals surface area contributed by atoms with Gasteiger partial charge in [0.25, 0.3) is 0 Å². The normalized spacial score (nSPS) is 15.9. The molecule has 0 radical (unpaired) electrons. The highest BCUT2D eigenvalue weighted by Gasteiger charge is 2.28. The van der Waals surface area contributed by atoms with Crippen molar-refractivity contribution in [1.29, 1.82) is 0 Å². The molecule has 0 spiro atoms. The molecule has 140 valence electrons. The molecule has 0 bridgehead atoms. The molecular formula is C23H26N2O2. The fourth-order valence-corrected chi connectivity index (χ4v) is 4.29. The summed E-state index contributed by atoms with van der Waals surface area (Å²) in [5, 5.41) is 0. The lowest BCUT2D eigenvalue weighted by molar-refractivity contribution is -0.126. The molecule has 27 heavy (non-hydrogen) atoms. The lowest BCUT2D eigenvalue weighted by atomic mass is 9.98. The molecule has 2 amide bonds. The van der Waals surface area contributed by atoms with Gasteiger partial charge in [-0.1, -0.05) is 35.4 Å². The van der Waals surface area contributed by atoms with E-state index in [4.69, 9.17) is 0 Å². The number of anilines is 2. The summed E-state index contributed by atoms with van der Waals surface area (Å²) in [4.78, 5) is 29.5. The second-order valence-corrected chi connectivity index (χ2v) is 7.74. The van der Waals surface area contributed by atoms with Crippen molar-refractivity contribution in [3.8, 4) is 0 Å². The van der Waals surface area contributed by atoms with Crippen molar-refractivity contribution in [2.75, 3.05) is 22.9 Å². The summed E-state index contributed by atoms with van der Waals surface area (Å²) in [6.45, 7) is 5.52. The van der Waals surface area contributed by atoms with Gasteiger partial charge in [0.15, 0.2) is 0 Å². The third kappa shape index (κ3) is 3.48. The van der Waals surface area contributed by atoms with Gasteiger partial charge >= 0.3 is 0 Å². The van der Waals surface area contributed by atoms with E-state index in [2.05, 4.69) is 26.0 Å². The number of aryl methyl sites for hydroxylation is 4. The molecule has 0 saturated carbocycles. The molecule has 2 aliphatic rings. The SMILES string of the molecule is Cc1ccc2c(c1)CCCN2C(=O)CC(=O)N1CCCc2cc(C)ccc21. The van der Waals surface area contributed by atoms with E-state index in [1.54, 1.807) is 9.80 Å². The first-order chi connectivity index (χ1) is 13.0. The van der Waals surface area contributed by atoms with Gasteiger partial charge in [0.05, 0.1) is 0 Å². The highest BCUT2D eigenvalue weighted by Crippen LogP contribution is 2.31. The van der Waals surface area contributed by atoms with E-state index in [-0.39, 0.29) is 18.2 Å². The molecule has 4 heteroatoms. The molecule has 2 aliphatic heterocycles. The van der Waals surface area contributed by atoms with Crippen molar-refractivity contribution in [2.24, 2.45) is 0 Å². The minimum absolute atomic E-state index is 0.0688.